The number of hydrogen-bond donors (Lipinski definition) is 1. The molecular weight excluding hydrogens is 382 g/mol. The summed E-state index contributed by atoms with van der Waals surface area (Å²) in [6.45, 7) is 3.00. The minimum absolute atomic E-state index is 0.318. The lowest BCUT2D eigenvalue weighted by Crippen LogP contribution is -2.33. The molecule has 5 heteroatoms. The van der Waals surface area contributed by atoms with Gasteiger partial charge in [-0.2, -0.15) is 10.4 Å². The Morgan fingerprint density at radius 2 is 1.84 bits per heavy atom. The molecule has 1 fully saturated rings. The highest BCUT2D eigenvalue weighted by Gasteiger charge is 2.32. The second-order valence-corrected chi connectivity index (χ2v) is 8.60. The van der Waals surface area contributed by atoms with Crippen molar-refractivity contribution in [3.63, 3.8) is 0 Å². The summed E-state index contributed by atoms with van der Waals surface area (Å²) >= 11 is 0. The Balaban J connectivity index is 1.58. The van der Waals surface area contributed by atoms with E-state index < -0.39 is 0 Å². The van der Waals surface area contributed by atoms with Gasteiger partial charge in [-0.25, -0.2) is 4.68 Å². The van der Waals surface area contributed by atoms with Crippen molar-refractivity contribution in [1.82, 2.24) is 14.7 Å². The van der Waals surface area contributed by atoms with Gasteiger partial charge in [0.2, 0.25) is 0 Å². The quantitative estimate of drug-likeness (QED) is 0.639. The monoisotopic (exact) mass is 411 g/mol. The minimum atomic E-state index is 0.318. The first-order valence-corrected chi connectivity index (χ1v) is 11.5. The predicted octanol–water partition coefficient (Wildman–Crippen LogP) is 5.22. The first-order chi connectivity index (χ1) is 15.3. The van der Waals surface area contributed by atoms with Gasteiger partial charge in [-0.3, -0.25) is 4.90 Å². The van der Waals surface area contributed by atoms with Crippen molar-refractivity contribution in [1.29, 1.82) is 5.26 Å². The maximum Gasteiger partial charge on any atom is 0.133 e. The molecule has 3 heterocycles. The summed E-state index contributed by atoms with van der Waals surface area (Å²) in [4.78, 5) is 2.60. The number of rotatable bonds is 4. The number of nitrogens with zero attached hydrogens (tertiary/aromatic N) is 4. The first-order valence-electron chi connectivity index (χ1n) is 11.5. The number of likely N-dealkylation sites (tertiary alicyclic amines) is 1. The molecule has 0 amide bonds. The number of nitriles is 1. The van der Waals surface area contributed by atoms with E-state index in [0.717, 1.165) is 50.4 Å². The molecule has 1 atom stereocenters. The Morgan fingerprint density at radius 1 is 1.00 bits per heavy atom. The lowest BCUT2D eigenvalue weighted by Gasteiger charge is -2.35. The Kier molecular flexibility index (Phi) is 5.73. The molecule has 1 aromatic heterocycles. The van der Waals surface area contributed by atoms with Crippen molar-refractivity contribution in [3.8, 4) is 11.8 Å². The van der Waals surface area contributed by atoms with Gasteiger partial charge in [-0.1, -0.05) is 48.9 Å². The van der Waals surface area contributed by atoms with E-state index in [1.54, 1.807) is 0 Å². The minimum Gasteiger partial charge on any atom is -0.370 e. The van der Waals surface area contributed by atoms with Crippen molar-refractivity contribution in [2.75, 3.05) is 18.4 Å². The van der Waals surface area contributed by atoms with Gasteiger partial charge in [0.05, 0.1) is 23.0 Å². The number of benzene rings is 2. The van der Waals surface area contributed by atoms with E-state index >= 15 is 0 Å². The molecule has 5 nitrogen and oxygen atoms in total. The van der Waals surface area contributed by atoms with Crippen LogP contribution >= 0.6 is 0 Å². The molecule has 2 aliphatic heterocycles. The molecule has 3 aromatic rings. The number of hydrogen-bond acceptors (Lipinski definition) is 4. The molecule has 0 aliphatic carbocycles. The van der Waals surface area contributed by atoms with E-state index in [4.69, 9.17) is 5.10 Å². The molecule has 1 saturated heterocycles. The van der Waals surface area contributed by atoms with Crippen LogP contribution in [0.5, 0.6) is 0 Å². The van der Waals surface area contributed by atoms with Crippen molar-refractivity contribution in [3.05, 3.63) is 77.0 Å². The van der Waals surface area contributed by atoms with Gasteiger partial charge in [0.1, 0.15) is 11.9 Å². The van der Waals surface area contributed by atoms with Gasteiger partial charge < -0.3 is 5.32 Å². The second kappa shape index (κ2) is 8.95. The SMILES string of the molecule is N#Cc1ccccc1-n1nc(C2CCCCN2Cc2ccccc2)c2c1NCCCC2. The van der Waals surface area contributed by atoms with E-state index in [0.29, 0.717) is 11.6 Å². The van der Waals surface area contributed by atoms with Gasteiger partial charge in [0.25, 0.3) is 0 Å². The molecule has 5 rings (SSSR count). The van der Waals surface area contributed by atoms with E-state index in [1.165, 1.54) is 36.1 Å². The summed E-state index contributed by atoms with van der Waals surface area (Å²) in [6.07, 6.45) is 6.98. The fraction of sp³-hybridized carbons (Fsp3) is 0.385. The van der Waals surface area contributed by atoms with Crippen molar-refractivity contribution in [2.24, 2.45) is 0 Å². The first kappa shape index (κ1) is 19.8. The summed E-state index contributed by atoms with van der Waals surface area (Å²) in [5.74, 6) is 1.08. The molecular formula is C26H29N5. The maximum atomic E-state index is 9.68. The van der Waals surface area contributed by atoms with Crippen molar-refractivity contribution < 1.29 is 0 Å². The Morgan fingerprint density at radius 3 is 2.71 bits per heavy atom. The van der Waals surface area contributed by atoms with Gasteiger partial charge in [-0.15, -0.1) is 0 Å². The molecule has 1 N–H and O–H groups in total. The molecule has 2 aromatic carbocycles. The average molecular weight is 412 g/mol. The van der Waals surface area contributed by atoms with Gasteiger partial charge in [-0.05, 0) is 56.3 Å². The number of fused-ring (bicyclic) bond motifs is 1. The molecule has 0 saturated carbocycles. The zero-order valence-electron chi connectivity index (χ0n) is 17.9. The van der Waals surface area contributed by atoms with Crippen LogP contribution < -0.4 is 5.32 Å². The largest absolute Gasteiger partial charge is 0.370 e. The van der Waals surface area contributed by atoms with Gasteiger partial charge in [0, 0.05) is 18.7 Å². The fourth-order valence-corrected chi connectivity index (χ4v) is 5.03. The molecule has 1 unspecified atom stereocenters. The lowest BCUT2D eigenvalue weighted by molar-refractivity contribution is 0.136. The third kappa shape index (κ3) is 3.96. The molecule has 0 spiro atoms. The van der Waals surface area contributed by atoms with Gasteiger partial charge in [0.15, 0.2) is 0 Å². The third-order valence-corrected chi connectivity index (χ3v) is 6.57. The van der Waals surface area contributed by atoms with Gasteiger partial charge >= 0.3 is 0 Å². The molecule has 0 radical (unpaired) electrons. The summed E-state index contributed by atoms with van der Waals surface area (Å²) in [7, 11) is 0. The maximum absolute atomic E-state index is 9.68. The number of piperidine rings is 1. The predicted molar refractivity (Wildman–Crippen MR) is 123 cm³/mol. The highest BCUT2D eigenvalue weighted by Crippen LogP contribution is 2.38. The third-order valence-electron chi connectivity index (χ3n) is 6.57. The van der Waals surface area contributed by atoms with Crippen molar-refractivity contribution >= 4 is 5.82 Å². The van der Waals surface area contributed by atoms with E-state index in [9.17, 15) is 5.26 Å². The smallest absolute Gasteiger partial charge is 0.133 e. The number of anilines is 1. The number of aromatic nitrogens is 2. The zero-order valence-corrected chi connectivity index (χ0v) is 17.9. The van der Waals surface area contributed by atoms with Crippen LogP contribution in [0.3, 0.4) is 0 Å². The highest BCUT2D eigenvalue weighted by molar-refractivity contribution is 5.59. The summed E-state index contributed by atoms with van der Waals surface area (Å²) in [5.41, 5.74) is 5.43. The van der Waals surface area contributed by atoms with Crippen LogP contribution in [0.15, 0.2) is 54.6 Å². The second-order valence-electron chi connectivity index (χ2n) is 8.60. The van der Waals surface area contributed by atoms with Crippen LogP contribution in [0.2, 0.25) is 0 Å². The van der Waals surface area contributed by atoms with E-state index in [1.807, 2.05) is 28.9 Å². The number of nitrogens with one attached hydrogen (secondary N) is 1. The summed E-state index contributed by atoms with van der Waals surface area (Å²) < 4.78 is 2.00. The Labute approximate surface area is 184 Å². The molecule has 0 bridgehead atoms. The topological polar surface area (TPSA) is 56.9 Å². The van der Waals surface area contributed by atoms with Crippen molar-refractivity contribution in [2.45, 2.75) is 51.1 Å². The average Bonchev–Trinajstić information content (AvgIpc) is 3.00. The highest BCUT2D eigenvalue weighted by atomic mass is 15.4. The summed E-state index contributed by atoms with van der Waals surface area (Å²) in [6, 6.07) is 21.2. The van der Waals surface area contributed by atoms with E-state index in [2.05, 4.69) is 46.6 Å². The van der Waals surface area contributed by atoms with Crippen LogP contribution in [-0.4, -0.2) is 27.8 Å². The Bertz CT molecular complexity index is 1080. The fourth-order valence-electron chi connectivity index (χ4n) is 5.03. The van der Waals surface area contributed by atoms with Crippen LogP contribution in [-0.2, 0) is 13.0 Å². The van der Waals surface area contributed by atoms with Crippen LogP contribution in [0, 0.1) is 11.3 Å². The lowest BCUT2D eigenvalue weighted by atomic mass is 9.94. The van der Waals surface area contributed by atoms with Crippen LogP contribution in [0.25, 0.3) is 5.69 Å². The standard InChI is InChI=1S/C26H29N5/c27-18-21-12-4-5-14-23(21)31-26-22(13-6-8-16-28-26)25(29-31)24-15-7-9-17-30(24)19-20-10-2-1-3-11-20/h1-5,10-12,14,24,28H,6-9,13,15-17,19H2. The normalized spacial score (nSPS) is 19.1. The van der Waals surface area contributed by atoms with Crippen LogP contribution in [0.4, 0.5) is 5.82 Å². The molecule has 158 valence electrons. The Hall–Kier alpha value is -3.10. The summed E-state index contributed by atoms with van der Waals surface area (Å²) in [5, 5.41) is 18.5. The zero-order chi connectivity index (χ0) is 21.0. The van der Waals surface area contributed by atoms with Crippen LogP contribution in [0.1, 0.15) is 60.5 Å². The molecule has 2 aliphatic rings. The molecule has 31 heavy (non-hydrogen) atoms. The number of para-hydroxylation sites is 1. The van der Waals surface area contributed by atoms with E-state index in [-0.39, 0.29) is 0 Å².